The molecule has 0 aliphatic heterocycles. The van der Waals surface area contributed by atoms with E-state index in [9.17, 15) is 4.79 Å². The number of carbonyl (C=O) groups is 1. The summed E-state index contributed by atoms with van der Waals surface area (Å²) in [5.41, 5.74) is 1.47. The Kier molecular flexibility index (Phi) is 5.66. The fraction of sp³-hybridized carbons (Fsp3) is 0.462. The smallest absolute Gasteiger partial charge is 0.338 e. The number of ether oxygens (including phenoxy) is 3. The third kappa shape index (κ3) is 4.17. The zero-order valence-electron chi connectivity index (χ0n) is 10.4. The van der Waals surface area contributed by atoms with Gasteiger partial charge in [-0.1, -0.05) is 18.2 Å². The lowest BCUT2D eigenvalue weighted by molar-refractivity contribution is -0.0224. The molecule has 0 saturated carbocycles. The molecule has 0 spiro atoms. The zero-order chi connectivity index (χ0) is 12.7. The van der Waals surface area contributed by atoms with Crippen molar-refractivity contribution in [3.8, 4) is 0 Å². The average Bonchev–Trinajstić information content (AvgIpc) is 2.30. The Hall–Kier alpha value is -1.39. The molecule has 0 radical (unpaired) electrons. The maximum Gasteiger partial charge on any atom is 0.338 e. The van der Waals surface area contributed by atoms with Crippen molar-refractivity contribution in [2.45, 2.75) is 13.0 Å². The second kappa shape index (κ2) is 7.04. The lowest BCUT2D eigenvalue weighted by Crippen LogP contribution is -2.27. The van der Waals surface area contributed by atoms with Crippen molar-refractivity contribution in [2.24, 2.45) is 0 Å². The molecule has 1 aromatic carbocycles. The molecule has 0 heterocycles. The molecule has 0 saturated heterocycles. The second-order valence-electron chi connectivity index (χ2n) is 3.75. The Morgan fingerprint density at radius 1 is 1.18 bits per heavy atom. The maximum atomic E-state index is 11.9. The van der Waals surface area contributed by atoms with Crippen LogP contribution in [0.3, 0.4) is 0 Å². The van der Waals surface area contributed by atoms with Gasteiger partial charge < -0.3 is 14.2 Å². The van der Waals surface area contributed by atoms with Gasteiger partial charge >= 0.3 is 5.97 Å². The largest absolute Gasteiger partial charge is 0.454 e. The van der Waals surface area contributed by atoms with Crippen LogP contribution in [-0.4, -0.2) is 39.5 Å². The molecule has 0 amide bonds. The molecule has 0 aromatic heterocycles. The Labute approximate surface area is 101 Å². The summed E-state index contributed by atoms with van der Waals surface area (Å²) in [5.74, 6) is -0.345. The molecule has 0 bridgehead atoms. The number of hydrogen-bond donors (Lipinski definition) is 0. The minimum absolute atomic E-state index is 0.325. The summed E-state index contributed by atoms with van der Waals surface area (Å²) in [4.78, 5) is 11.9. The van der Waals surface area contributed by atoms with Gasteiger partial charge in [0.15, 0.2) is 0 Å². The number of carbonyl (C=O) groups excluding carboxylic acids is 1. The lowest BCUT2D eigenvalue weighted by atomic mass is 10.1. The van der Waals surface area contributed by atoms with E-state index in [0.29, 0.717) is 18.8 Å². The first-order chi connectivity index (χ1) is 8.19. The normalized spacial score (nSPS) is 10.6. The topological polar surface area (TPSA) is 44.8 Å². The summed E-state index contributed by atoms with van der Waals surface area (Å²) in [6.07, 6.45) is -0.378. The monoisotopic (exact) mass is 238 g/mol. The molecule has 0 aliphatic carbocycles. The second-order valence-corrected chi connectivity index (χ2v) is 3.75. The minimum atomic E-state index is -0.378. The number of benzene rings is 1. The van der Waals surface area contributed by atoms with Gasteiger partial charge in [0.05, 0.1) is 18.8 Å². The summed E-state index contributed by atoms with van der Waals surface area (Å²) in [7, 11) is 3.12. The first kappa shape index (κ1) is 13.7. The van der Waals surface area contributed by atoms with Crippen LogP contribution in [0.25, 0.3) is 0 Å². The highest BCUT2D eigenvalue weighted by molar-refractivity contribution is 5.91. The molecule has 1 rings (SSSR count). The van der Waals surface area contributed by atoms with E-state index in [1.54, 1.807) is 20.3 Å². The number of esters is 1. The number of hydrogen-bond acceptors (Lipinski definition) is 4. The quantitative estimate of drug-likeness (QED) is 0.709. The minimum Gasteiger partial charge on any atom is -0.454 e. The number of methoxy groups -OCH3 is 2. The van der Waals surface area contributed by atoms with Gasteiger partial charge in [0.25, 0.3) is 0 Å². The summed E-state index contributed by atoms with van der Waals surface area (Å²) < 4.78 is 15.2. The van der Waals surface area contributed by atoms with Crippen LogP contribution in [0.2, 0.25) is 0 Å². The molecule has 0 fully saturated rings. The van der Waals surface area contributed by atoms with Gasteiger partial charge in [0.2, 0.25) is 0 Å². The van der Waals surface area contributed by atoms with Crippen LogP contribution in [0.1, 0.15) is 15.9 Å². The van der Waals surface area contributed by atoms with Crippen molar-refractivity contribution in [1.82, 2.24) is 0 Å². The Balaban J connectivity index is 2.67. The van der Waals surface area contributed by atoms with Crippen molar-refractivity contribution in [3.05, 3.63) is 35.4 Å². The van der Waals surface area contributed by atoms with Gasteiger partial charge in [0, 0.05) is 14.2 Å². The van der Waals surface area contributed by atoms with Gasteiger partial charge in [-0.15, -0.1) is 0 Å². The predicted octanol–water partition coefficient (Wildman–Crippen LogP) is 1.81. The van der Waals surface area contributed by atoms with Crippen LogP contribution < -0.4 is 0 Å². The van der Waals surface area contributed by atoms with E-state index < -0.39 is 0 Å². The molecule has 0 aliphatic rings. The van der Waals surface area contributed by atoms with Crippen molar-refractivity contribution in [3.63, 3.8) is 0 Å². The first-order valence-electron chi connectivity index (χ1n) is 5.43. The summed E-state index contributed by atoms with van der Waals surface area (Å²) >= 11 is 0. The van der Waals surface area contributed by atoms with Crippen molar-refractivity contribution >= 4 is 5.97 Å². The van der Waals surface area contributed by atoms with Crippen molar-refractivity contribution in [2.75, 3.05) is 27.4 Å². The molecule has 17 heavy (non-hydrogen) atoms. The molecule has 94 valence electrons. The van der Waals surface area contributed by atoms with E-state index in [4.69, 9.17) is 14.2 Å². The lowest BCUT2D eigenvalue weighted by Gasteiger charge is -2.16. The zero-order valence-corrected chi connectivity index (χ0v) is 10.4. The highest BCUT2D eigenvalue weighted by Gasteiger charge is 2.16. The Morgan fingerprint density at radius 2 is 1.76 bits per heavy atom. The van der Waals surface area contributed by atoms with E-state index in [1.165, 1.54) is 0 Å². The van der Waals surface area contributed by atoms with Crippen LogP contribution in [0, 0.1) is 6.92 Å². The molecule has 4 heteroatoms. The number of rotatable bonds is 6. The third-order valence-corrected chi connectivity index (χ3v) is 2.34. The molecule has 1 aromatic rings. The Bertz CT molecular complexity index is 356. The maximum absolute atomic E-state index is 11.9. The summed E-state index contributed by atoms with van der Waals surface area (Å²) in [6.45, 7) is 2.52. The Morgan fingerprint density at radius 3 is 2.29 bits per heavy atom. The van der Waals surface area contributed by atoms with Crippen LogP contribution in [0.5, 0.6) is 0 Å². The molecular formula is C13H18O4. The SMILES string of the molecule is COCC(COC)OC(=O)c1ccccc1C. The van der Waals surface area contributed by atoms with Crippen LogP contribution in [0.15, 0.2) is 24.3 Å². The van der Waals surface area contributed by atoms with Crippen molar-refractivity contribution < 1.29 is 19.0 Å². The van der Waals surface area contributed by atoms with Gasteiger partial charge in [0.1, 0.15) is 6.10 Å². The van der Waals surface area contributed by atoms with Crippen LogP contribution in [0.4, 0.5) is 0 Å². The molecule has 4 nitrogen and oxygen atoms in total. The first-order valence-corrected chi connectivity index (χ1v) is 5.43. The van der Waals surface area contributed by atoms with Gasteiger partial charge in [-0.05, 0) is 18.6 Å². The van der Waals surface area contributed by atoms with Crippen molar-refractivity contribution in [1.29, 1.82) is 0 Å². The molecule has 0 unspecified atom stereocenters. The van der Waals surface area contributed by atoms with Gasteiger partial charge in [-0.3, -0.25) is 0 Å². The van der Waals surface area contributed by atoms with E-state index in [2.05, 4.69) is 0 Å². The standard InChI is InChI=1S/C13H18O4/c1-10-6-4-5-7-12(10)13(14)17-11(8-15-2)9-16-3/h4-7,11H,8-9H2,1-3H3. The van der Waals surface area contributed by atoms with Gasteiger partial charge in [-0.25, -0.2) is 4.79 Å². The summed E-state index contributed by atoms with van der Waals surface area (Å²) in [6, 6.07) is 7.31. The van der Waals surface area contributed by atoms with Crippen LogP contribution in [-0.2, 0) is 14.2 Å². The predicted molar refractivity (Wildman–Crippen MR) is 64.1 cm³/mol. The average molecular weight is 238 g/mol. The summed E-state index contributed by atoms with van der Waals surface area (Å²) in [5, 5.41) is 0. The highest BCUT2D eigenvalue weighted by Crippen LogP contribution is 2.10. The highest BCUT2D eigenvalue weighted by atomic mass is 16.6. The third-order valence-electron chi connectivity index (χ3n) is 2.34. The molecular weight excluding hydrogens is 220 g/mol. The molecule has 0 N–H and O–H groups in total. The van der Waals surface area contributed by atoms with E-state index >= 15 is 0 Å². The van der Waals surface area contributed by atoms with E-state index in [0.717, 1.165) is 5.56 Å². The number of aryl methyl sites for hydroxylation is 1. The fourth-order valence-corrected chi connectivity index (χ4v) is 1.50. The van der Waals surface area contributed by atoms with Gasteiger partial charge in [-0.2, -0.15) is 0 Å². The molecule has 0 atom stereocenters. The van der Waals surface area contributed by atoms with E-state index in [-0.39, 0.29) is 12.1 Å². The van der Waals surface area contributed by atoms with E-state index in [1.807, 2.05) is 25.1 Å². The fourth-order valence-electron chi connectivity index (χ4n) is 1.50. The van der Waals surface area contributed by atoms with Crippen LogP contribution >= 0.6 is 0 Å².